The normalized spacial score (nSPS) is 12.4. The SMILES string of the molecule is NC(CSc1cccc(Cl)c1)c1ccc(F)c(F)c1F. The Balaban J connectivity index is 2.09. The monoisotopic (exact) mass is 317 g/mol. The summed E-state index contributed by atoms with van der Waals surface area (Å²) in [6, 6.07) is 8.41. The summed E-state index contributed by atoms with van der Waals surface area (Å²) in [4.78, 5) is 0.871. The first-order valence-corrected chi connectivity index (χ1v) is 7.12. The molecule has 0 bridgehead atoms. The molecule has 2 N–H and O–H groups in total. The molecule has 106 valence electrons. The van der Waals surface area contributed by atoms with Crippen molar-refractivity contribution in [1.29, 1.82) is 0 Å². The van der Waals surface area contributed by atoms with Crippen LogP contribution >= 0.6 is 23.4 Å². The topological polar surface area (TPSA) is 26.0 Å². The van der Waals surface area contributed by atoms with E-state index in [2.05, 4.69) is 0 Å². The minimum Gasteiger partial charge on any atom is -0.323 e. The number of hydrogen-bond acceptors (Lipinski definition) is 2. The summed E-state index contributed by atoms with van der Waals surface area (Å²) in [5.74, 6) is -3.63. The molecule has 0 amide bonds. The van der Waals surface area contributed by atoms with E-state index in [4.69, 9.17) is 17.3 Å². The average molecular weight is 318 g/mol. The Morgan fingerprint density at radius 1 is 1.10 bits per heavy atom. The van der Waals surface area contributed by atoms with Gasteiger partial charge >= 0.3 is 0 Å². The van der Waals surface area contributed by atoms with Gasteiger partial charge in [-0.15, -0.1) is 11.8 Å². The van der Waals surface area contributed by atoms with E-state index in [1.165, 1.54) is 11.8 Å². The van der Waals surface area contributed by atoms with Crippen molar-refractivity contribution >= 4 is 23.4 Å². The van der Waals surface area contributed by atoms with Crippen LogP contribution in [0.4, 0.5) is 13.2 Å². The summed E-state index contributed by atoms with van der Waals surface area (Å²) in [6.45, 7) is 0. The zero-order valence-electron chi connectivity index (χ0n) is 10.2. The summed E-state index contributed by atoms with van der Waals surface area (Å²) in [6.07, 6.45) is 0. The minimum atomic E-state index is -1.49. The van der Waals surface area contributed by atoms with Crippen molar-refractivity contribution in [2.24, 2.45) is 5.73 Å². The zero-order valence-corrected chi connectivity index (χ0v) is 11.8. The van der Waals surface area contributed by atoms with E-state index in [1.807, 2.05) is 6.07 Å². The largest absolute Gasteiger partial charge is 0.323 e. The van der Waals surface area contributed by atoms with Crippen LogP contribution in [0.1, 0.15) is 11.6 Å². The summed E-state index contributed by atoms with van der Waals surface area (Å²) in [5.41, 5.74) is 5.77. The highest BCUT2D eigenvalue weighted by Gasteiger charge is 2.18. The number of benzene rings is 2. The van der Waals surface area contributed by atoms with Gasteiger partial charge in [-0.3, -0.25) is 0 Å². The third-order valence-electron chi connectivity index (χ3n) is 2.69. The van der Waals surface area contributed by atoms with Gasteiger partial charge in [0.05, 0.1) is 0 Å². The van der Waals surface area contributed by atoms with E-state index in [-0.39, 0.29) is 5.56 Å². The molecule has 0 heterocycles. The fraction of sp³-hybridized carbons (Fsp3) is 0.143. The van der Waals surface area contributed by atoms with E-state index in [0.717, 1.165) is 17.0 Å². The van der Waals surface area contributed by atoms with Crippen molar-refractivity contribution < 1.29 is 13.2 Å². The first kappa shape index (κ1) is 15.2. The Kier molecular flexibility index (Phi) is 4.96. The van der Waals surface area contributed by atoms with Crippen molar-refractivity contribution in [3.05, 3.63) is 64.4 Å². The van der Waals surface area contributed by atoms with Crippen LogP contribution in [0.25, 0.3) is 0 Å². The highest BCUT2D eigenvalue weighted by atomic mass is 35.5. The molecule has 1 nitrogen and oxygen atoms in total. The molecule has 1 atom stereocenters. The van der Waals surface area contributed by atoms with E-state index >= 15 is 0 Å². The van der Waals surface area contributed by atoms with Crippen LogP contribution in [0.2, 0.25) is 5.02 Å². The van der Waals surface area contributed by atoms with Crippen LogP contribution in [0.5, 0.6) is 0 Å². The van der Waals surface area contributed by atoms with Gasteiger partial charge in [0.1, 0.15) is 0 Å². The first-order valence-electron chi connectivity index (χ1n) is 5.76. The quantitative estimate of drug-likeness (QED) is 0.661. The Bertz CT molecular complexity index is 621. The number of halogens is 4. The van der Waals surface area contributed by atoms with E-state index < -0.39 is 23.5 Å². The smallest absolute Gasteiger partial charge is 0.194 e. The molecule has 0 saturated carbocycles. The van der Waals surface area contributed by atoms with Gasteiger partial charge in [-0.05, 0) is 24.3 Å². The summed E-state index contributed by atoms with van der Waals surface area (Å²) >= 11 is 7.21. The molecule has 2 rings (SSSR count). The Labute approximate surface area is 123 Å². The maximum absolute atomic E-state index is 13.6. The van der Waals surface area contributed by atoms with E-state index in [9.17, 15) is 13.2 Å². The van der Waals surface area contributed by atoms with Gasteiger partial charge < -0.3 is 5.73 Å². The molecule has 0 aromatic heterocycles. The fourth-order valence-corrected chi connectivity index (χ4v) is 2.85. The molecule has 0 aliphatic rings. The molecule has 0 aliphatic carbocycles. The predicted octanol–water partition coefficient (Wildman–Crippen LogP) is 4.55. The van der Waals surface area contributed by atoms with E-state index in [0.29, 0.717) is 10.8 Å². The van der Waals surface area contributed by atoms with Crippen molar-refractivity contribution in [1.82, 2.24) is 0 Å². The molecule has 20 heavy (non-hydrogen) atoms. The van der Waals surface area contributed by atoms with Crippen molar-refractivity contribution in [2.45, 2.75) is 10.9 Å². The zero-order chi connectivity index (χ0) is 14.7. The van der Waals surface area contributed by atoms with Crippen molar-refractivity contribution in [2.75, 3.05) is 5.75 Å². The fourth-order valence-electron chi connectivity index (χ4n) is 1.66. The van der Waals surface area contributed by atoms with Gasteiger partial charge in [0.2, 0.25) is 0 Å². The van der Waals surface area contributed by atoms with Gasteiger partial charge in [-0.2, -0.15) is 0 Å². The van der Waals surface area contributed by atoms with Crippen LogP contribution in [0, 0.1) is 17.5 Å². The van der Waals surface area contributed by atoms with E-state index in [1.54, 1.807) is 18.2 Å². The molecule has 0 radical (unpaired) electrons. The second-order valence-corrected chi connectivity index (χ2v) is 5.67. The summed E-state index contributed by atoms with van der Waals surface area (Å²) in [5, 5.41) is 0.586. The third kappa shape index (κ3) is 3.48. The molecule has 0 aliphatic heterocycles. The molecule has 2 aromatic rings. The van der Waals surface area contributed by atoms with Crippen molar-refractivity contribution in [3.8, 4) is 0 Å². The molecular weight excluding hydrogens is 307 g/mol. The van der Waals surface area contributed by atoms with Crippen LogP contribution in [0.3, 0.4) is 0 Å². The summed E-state index contributed by atoms with van der Waals surface area (Å²) in [7, 11) is 0. The molecule has 1 unspecified atom stereocenters. The molecular formula is C14H11ClF3NS. The maximum atomic E-state index is 13.6. The van der Waals surface area contributed by atoms with Crippen LogP contribution in [0.15, 0.2) is 41.3 Å². The molecule has 0 fully saturated rings. The standard InChI is InChI=1S/C14H11ClF3NS/c15-8-2-1-3-9(6-8)20-7-12(19)10-4-5-11(16)14(18)13(10)17/h1-6,12H,7,19H2. The Hall–Kier alpha value is -1.17. The number of thioether (sulfide) groups is 1. The number of nitrogens with two attached hydrogens (primary N) is 1. The third-order valence-corrected chi connectivity index (χ3v) is 4.04. The summed E-state index contributed by atoms with van der Waals surface area (Å²) < 4.78 is 39.6. The minimum absolute atomic E-state index is 0.0431. The van der Waals surface area contributed by atoms with Gasteiger partial charge in [0.15, 0.2) is 17.5 Å². The lowest BCUT2D eigenvalue weighted by Gasteiger charge is -2.13. The lowest BCUT2D eigenvalue weighted by molar-refractivity contribution is 0.437. The lowest BCUT2D eigenvalue weighted by atomic mass is 10.1. The molecule has 2 aromatic carbocycles. The molecule has 6 heteroatoms. The van der Waals surface area contributed by atoms with Crippen LogP contribution < -0.4 is 5.73 Å². The van der Waals surface area contributed by atoms with Gasteiger partial charge in [0, 0.05) is 27.3 Å². The first-order chi connectivity index (χ1) is 9.49. The molecule has 0 spiro atoms. The van der Waals surface area contributed by atoms with Gasteiger partial charge in [-0.25, -0.2) is 13.2 Å². The molecule has 0 saturated heterocycles. The highest BCUT2D eigenvalue weighted by molar-refractivity contribution is 7.99. The number of hydrogen-bond donors (Lipinski definition) is 1. The second-order valence-electron chi connectivity index (χ2n) is 4.14. The van der Waals surface area contributed by atoms with Crippen LogP contribution in [-0.2, 0) is 0 Å². The Morgan fingerprint density at radius 2 is 1.85 bits per heavy atom. The Morgan fingerprint density at radius 3 is 2.55 bits per heavy atom. The second kappa shape index (κ2) is 6.52. The number of rotatable bonds is 4. The van der Waals surface area contributed by atoms with Gasteiger partial charge in [0.25, 0.3) is 0 Å². The van der Waals surface area contributed by atoms with Crippen molar-refractivity contribution in [3.63, 3.8) is 0 Å². The highest BCUT2D eigenvalue weighted by Crippen LogP contribution is 2.27. The van der Waals surface area contributed by atoms with Crippen LogP contribution in [-0.4, -0.2) is 5.75 Å². The maximum Gasteiger partial charge on any atom is 0.194 e. The lowest BCUT2D eigenvalue weighted by Crippen LogP contribution is -2.16. The predicted molar refractivity (Wildman–Crippen MR) is 75.4 cm³/mol. The average Bonchev–Trinajstić information content (AvgIpc) is 2.42. The van der Waals surface area contributed by atoms with Gasteiger partial charge in [-0.1, -0.05) is 23.7 Å².